The Morgan fingerprint density at radius 3 is 2.35 bits per heavy atom. The average molecular weight is 523 g/mol. The van der Waals surface area contributed by atoms with Crippen LogP contribution in [0.5, 0.6) is 0 Å². The molecule has 1 atom stereocenters. The SMILES string of the molecule is C/C=C\C=C(/C)OCCS.CC.Cc1nnc(-c2ccc(/C=C/C(CCO)Cc3ccccc3)cc2)o1. The summed E-state index contributed by atoms with van der Waals surface area (Å²) in [7, 11) is 0. The van der Waals surface area contributed by atoms with Crippen molar-refractivity contribution in [3.8, 4) is 11.5 Å². The van der Waals surface area contributed by atoms with Crippen molar-refractivity contribution in [2.45, 2.75) is 47.5 Å². The Morgan fingerprint density at radius 2 is 1.78 bits per heavy atom. The first kappa shape index (κ1) is 31.9. The smallest absolute Gasteiger partial charge is 0.247 e. The summed E-state index contributed by atoms with van der Waals surface area (Å²) < 4.78 is 10.7. The molecule has 3 aromatic rings. The van der Waals surface area contributed by atoms with Crippen molar-refractivity contribution >= 4 is 18.7 Å². The largest absolute Gasteiger partial charge is 0.497 e. The van der Waals surface area contributed by atoms with Crippen LogP contribution in [0, 0.1) is 12.8 Å². The minimum atomic E-state index is 0.192. The minimum absolute atomic E-state index is 0.192. The van der Waals surface area contributed by atoms with Crippen LogP contribution in [0.3, 0.4) is 0 Å². The molecule has 1 aromatic heterocycles. The highest BCUT2D eigenvalue weighted by molar-refractivity contribution is 7.80. The van der Waals surface area contributed by atoms with E-state index in [1.165, 1.54) is 5.56 Å². The maximum absolute atomic E-state index is 9.32. The van der Waals surface area contributed by atoms with E-state index < -0.39 is 0 Å². The van der Waals surface area contributed by atoms with E-state index in [9.17, 15) is 5.11 Å². The number of hydrogen-bond acceptors (Lipinski definition) is 6. The van der Waals surface area contributed by atoms with Gasteiger partial charge in [-0.1, -0.05) is 80.6 Å². The highest BCUT2D eigenvalue weighted by Gasteiger charge is 2.07. The number of nitrogens with zero attached hydrogens (tertiary/aromatic N) is 2. The van der Waals surface area contributed by atoms with Crippen LogP contribution in [0.1, 0.15) is 51.1 Å². The Kier molecular flexibility index (Phi) is 17.3. The molecule has 0 fully saturated rings. The predicted molar refractivity (Wildman–Crippen MR) is 159 cm³/mol. The summed E-state index contributed by atoms with van der Waals surface area (Å²) in [5.74, 6) is 3.11. The lowest BCUT2D eigenvalue weighted by molar-refractivity contribution is 0.235. The normalized spacial score (nSPS) is 12.0. The fourth-order valence-electron chi connectivity index (χ4n) is 3.23. The van der Waals surface area contributed by atoms with E-state index in [1.807, 2.05) is 88.4 Å². The lowest BCUT2D eigenvalue weighted by Crippen LogP contribution is -2.03. The van der Waals surface area contributed by atoms with E-state index in [4.69, 9.17) is 9.15 Å². The minimum Gasteiger partial charge on any atom is -0.497 e. The third-order valence-electron chi connectivity index (χ3n) is 5.03. The molecule has 6 heteroatoms. The first-order chi connectivity index (χ1) is 18.0. The summed E-state index contributed by atoms with van der Waals surface area (Å²) in [4.78, 5) is 0. The van der Waals surface area contributed by atoms with E-state index >= 15 is 0 Å². The first-order valence-corrected chi connectivity index (χ1v) is 13.5. The van der Waals surface area contributed by atoms with Crippen LogP contribution < -0.4 is 0 Å². The number of hydrogen-bond donors (Lipinski definition) is 2. The van der Waals surface area contributed by atoms with Gasteiger partial charge in [-0.05, 0) is 61.9 Å². The van der Waals surface area contributed by atoms with E-state index in [0.717, 1.165) is 35.5 Å². The second-order valence-electron chi connectivity index (χ2n) is 7.94. The van der Waals surface area contributed by atoms with Gasteiger partial charge in [0, 0.05) is 24.8 Å². The summed E-state index contributed by atoms with van der Waals surface area (Å²) in [6, 6.07) is 18.4. The molecule has 0 saturated carbocycles. The number of ether oxygens (including phenoxy) is 1. The van der Waals surface area contributed by atoms with Crippen molar-refractivity contribution in [3.05, 3.63) is 102 Å². The summed E-state index contributed by atoms with van der Waals surface area (Å²) in [6.07, 6.45) is 11.8. The number of thiol groups is 1. The summed E-state index contributed by atoms with van der Waals surface area (Å²) in [6.45, 7) is 10.6. The number of benzene rings is 2. The predicted octanol–water partition coefficient (Wildman–Crippen LogP) is 7.74. The van der Waals surface area contributed by atoms with E-state index in [-0.39, 0.29) is 6.61 Å². The van der Waals surface area contributed by atoms with Gasteiger partial charge in [-0.3, -0.25) is 0 Å². The van der Waals surface area contributed by atoms with Gasteiger partial charge in [0.05, 0.1) is 12.4 Å². The van der Waals surface area contributed by atoms with Crippen molar-refractivity contribution in [1.82, 2.24) is 10.2 Å². The number of aliphatic hydroxyl groups is 1. The summed E-state index contributed by atoms with van der Waals surface area (Å²) >= 11 is 4.02. The van der Waals surface area contributed by atoms with Gasteiger partial charge in [0.1, 0.15) is 0 Å². The second-order valence-corrected chi connectivity index (χ2v) is 8.39. The molecule has 0 aliphatic heterocycles. The van der Waals surface area contributed by atoms with Gasteiger partial charge < -0.3 is 14.3 Å². The molecule has 0 radical (unpaired) electrons. The molecule has 1 unspecified atom stereocenters. The molecule has 0 aliphatic carbocycles. The molecular formula is C31H42N2O3S. The van der Waals surface area contributed by atoms with Crippen LogP contribution >= 0.6 is 12.6 Å². The van der Waals surface area contributed by atoms with Crippen molar-refractivity contribution in [2.75, 3.05) is 19.0 Å². The van der Waals surface area contributed by atoms with Gasteiger partial charge in [0.15, 0.2) is 0 Å². The van der Waals surface area contributed by atoms with Gasteiger partial charge >= 0.3 is 0 Å². The molecule has 1 heterocycles. The van der Waals surface area contributed by atoms with E-state index in [0.29, 0.717) is 24.3 Å². The van der Waals surface area contributed by atoms with Crippen molar-refractivity contribution in [3.63, 3.8) is 0 Å². The van der Waals surface area contributed by atoms with Gasteiger partial charge in [0.25, 0.3) is 0 Å². The maximum atomic E-state index is 9.32. The van der Waals surface area contributed by atoms with Crippen LogP contribution in [0.25, 0.3) is 17.5 Å². The Bertz CT molecular complexity index is 1060. The summed E-state index contributed by atoms with van der Waals surface area (Å²) in [5.41, 5.74) is 3.30. The van der Waals surface area contributed by atoms with E-state index in [2.05, 4.69) is 47.1 Å². The molecule has 0 saturated heterocycles. The lowest BCUT2D eigenvalue weighted by atomic mass is 9.95. The number of rotatable bonds is 11. The quantitative estimate of drug-likeness (QED) is 0.153. The molecule has 200 valence electrons. The zero-order valence-electron chi connectivity index (χ0n) is 22.8. The fourth-order valence-corrected chi connectivity index (χ4v) is 3.32. The first-order valence-electron chi connectivity index (χ1n) is 12.8. The zero-order valence-corrected chi connectivity index (χ0v) is 23.7. The van der Waals surface area contributed by atoms with Crippen molar-refractivity contribution in [2.24, 2.45) is 5.92 Å². The Balaban J connectivity index is 0.000000483. The van der Waals surface area contributed by atoms with Crippen LogP contribution in [0.4, 0.5) is 0 Å². The van der Waals surface area contributed by atoms with Crippen molar-refractivity contribution < 1.29 is 14.3 Å². The molecule has 5 nitrogen and oxygen atoms in total. The topological polar surface area (TPSA) is 68.4 Å². The number of aryl methyl sites for hydroxylation is 1. The summed E-state index contributed by atoms with van der Waals surface area (Å²) in [5, 5.41) is 17.2. The van der Waals surface area contributed by atoms with Crippen LogP contribution in [-0.2, 0) is 11.2 Å². The van der Waals surface area contributed by atoms with Crippen molar-refractivity contribution in [1.29, 1.82) is 0 Å². The maximum Gasteiger partial charge on any atom is 0.247 e. The standard InChI is InChI=1S/C21H22N2O2.C8H14OS.C2H6/c1-16-22-23-21(25-16)20-11-9-17(10-12-20)7-8-19(13-14-24)15-18-5-3-2-4-6-18;1-3-4-5-8(2)9-6-7-10;1-2/h2-12,19,24H,13-15H2,1H3;3-5,10H,6-7H2,1-2H3;1-2H3/b8-7+;4-3-,8-5+;. The molecule has 0 spiro atoms. The molecule has 0 amide bonds. The Labute approximate surface area is 228 Å². The van der Waals surface area contributed by atoms with Crippen LogP contribution in [0.2, 0.25) is 0 Å². The second kappa shape index (κ2) is 20.0. The highest BCUT2D eigenvalue weighted by Crippen LogP contribution is 2.20. The number of aliphatic hydroxyl groups excluding tert-OH is 1. The Morgan fingerprint density at radius 1 is 1.08 bits per heavy atom. The molecule has 3 rings (SSSR count). The van der Waals surface area contributed by atoms with Gasteiger partial charge in [0.2, 0.25) is 11.8 Å². The van der Waals surface area contributed by atoms with E-state index in [1.54, 1.807) is 6.92 Å². The fraction of sp³-hybridized carbons (Fsp3) is 0.355. The molecule has 0 bridgehead atoms. The molecule has 1 N–H and O–H groups in total. The highest BCUT2D eigenvalue weighted by atomic mass is 32.1. The average Bonchev–Trinajstić information content (AvgIpc) is 3.38. The third kappa shape index (κ3) is 13.7. The number of allylic oxidation sites excluding steroid dienone is 5. The van der Waals surface area contributed by atoms with Crippen LogP contribution in [-0.4, -0.2) is 34.3 Å². The van der Waals surface area contributed by atoms with Gasteiger partial charge in [-0.2, -0.15) is 12.6 Å². The number of aromatic nitrogens is 2. The van der Waals surface area contributed by atoms with Gasteiger partial charge in [-0.25, -0.2) is 0 Å². The molecular weight excluding hydrogens is 480 g/mol. The molecule has 2 aromatic carbocycles. The Hall–Kier alpha value is -3.09. The van der Waals surface area contributed by atoms with Gasteiger partial charge in [-0.15, -0.1) is 10.2 Å². The third-order valence-corrected chi connectivity index (χ3v) is 5.21. The zero-order chi connectivity index (χ0) is 27.3. The monoisotopic (exact) mass is 522 g/mol. The van der Waals surface area contributed by atoms with Crippen LogP contribution in [0.15, 0.2) is 89.1 Å². The molecule has 37 heavy (non-hydrogen) atoms. The lowest BCUT2D eigenvalue weighted by Gasteiger charge is -2.11. The molecule has 0 aliphatic rings.